The molecule has 1 aromatic rings. The predicted molar refractivity (Wildman–Crippen MR) is 68.2 cm³/mol. The summed E-state index contributed by atoms with van der Waals surface area (Å²) in [7, 11) is -3.58. The van der Waals surface area contributed by atoms with E-state index in [9.17, 15) is 13.2 Å². The van der Waals surface area contributed by atoms with Crippen molar-refractivity contribution in [1.29, 1.82) is 0 Å². The second-order valence-corrected chi connectivity index (χ2v) is 7.91. The smallest absolute Gasteiger partial charge is 0.310 e. The SMILES string of the molecule is Cc1ccc(S(=O)(=O)NCC2(C(=O)O)CCC2)s1. The summed E-state index contributed by atoms with van der Waals surface area (Å²) < 4.78 is 26.6. The number of aryl methyl sites for hydroxylation is 1. The third-order valence-electron chi connectivity index (χ3n) is 3.35. The van der Waals surface area contributed by atoms with E-state index in [-0.39, 0.29) is 10.8 Å². The summed E-state index contributed by atoms with van der Waals surface area (Å²) in [5.41, 5.74) is -0.903. The molecule has 18 heavy (non-hydrogen) atoms. The Labute approximate surface area is 110 Å². The van der Waals surface area contributed by atoms with Gasteiger partial charge < -0.3 is 5.11 Å². The fourth-order valence-corrected chi connectivity index (χ4v) is 4.39. The fourth-order valence-electron chi connectivity index (χ4n) is 1.93. The maximum Gasteiger partial charge on any atom is 0.310 e. The second-order valence-electron chi connectivity index (χ2n) is 4.63. The van der Waals surface area contributed by atoms with Crippen LogP contribution in [0.25, 0.3) is 0 Å². The molecule has 0 bridgehead atoms. The number of rotatable bonds is 5. The largest absolute Gasteiger partial charge is 0.481 e. The summed E-state index contributed by atoms with van der Waals surface area (Å²) in [5, 5.41) is 9.12. The number of nitrogens with one attached hydrogen (secondary N) is 1. The van der Waals surface area contributed by atoms with Crippen molar-refractivity contribution >= 4 is 27.3 Å². The number of hydrogen-bond acceptors (Lipinski definition) is 4. The Balaban J connectivity index is 2.08. The van der Waals surface area contributed by atoms with Gasteiger partial charge in [-0.05, 0) is 31.9 Å². The highest BCUT2D eigenvalue weighted by atomic mass is 32.2. The quantitative estimate of drug-likeness (QED) is 0.862. The van der Waals surface area contributed by atoms with Crippen molar-refractivity contribution in [2.75, 3.05) is 6.54 Å². The van der Waals surface area contributed by atoms with Gasteiger partial charge in [-0.1, -0.05) is 6.42 Å². The molecule has 0 spiro atoms. The molecule has 1 fully saturated rings. The molecule has 0 radical (unpaired) electrons. The zero-order valence-electron chi connectivity index (χ0n) is 9.97. The van der Waals surface area contributed by atoms with E-state index < -0.39 is 21.4 Å². The molecule has 100 valence electrons. The molecule has 0 aromatic carbocycles. The van der Waals surface area contributed by atoms with Gasteiger partial charge in [0, 0.05) is 11.4 Å². The summed E-state index contributed by atoms with van der Waals surface area (Å²) in [6.07, 6.45) is 1.91. The first-order chi connectivity index (χ1) is 8.36. The van der Waals surface area contributed by atoms with E-state index in [1.807, 2.05) is 6.92 Å². The van der Waals surface area contributed by atoms with Crippen LogP contribution in [0, 0.1) is 12.3 Å². The van der Waals surface area contributed by atoms with Crippen LogP contribution < -0.4 is 4.72 Å². The van der Waals surface area contributed by atoms with Crippen molar-refractivity contribution in [2.45, 2.75) is 30.4 Å². The van der Waals surface area contributed by atoms with Gasteiger partial charge in [0.1, 0.15) is 4.21 Å². The standard InChI is InChI=1S/C11H15NO4S2/c1-8-3-4-9(17-8)18(15,16)12-7-11(10(13)14)5-2-6-11/h3-4,12H,2,5-7H2,1H3,(H,13,14). The van der Waals surface area contributed by atoms with Gasteiger partial charge in [0.05, 0.1) is 5.41 Å². The number of carboxylic acids is 1. The Morgan fingerprint density at radius 3 is 2.56 bits per heavy atom. The average molecular weight is 289 g/mol. The summed E-state index contributed by atoms with van der Waals surface area (Å²) in [6.45, 7) is 1.80. The molecule has 7 heteroatoms. The summed E-state index contributed by atoms with van der Waals surface area (Å²) in [4.78, 5) is 12.0. The van der Waals surface area contributed by atoms with Crippen LogP contribution in [0.4, 0.5) is 0 Å². The summed E-state index contributed by atoms with van der Waals surface area (Å²) in [5.74, 6) is -0.918. The fraction of sp³-hybridized carbons (Fsp3) is 0.545. The predicted octanol–water partition coefficient (Wildman–Crippen LogP) is 1.59. The second kappa shape index (κ2) is 4.64. The minimum atomic E-state index is -3.58. The van der Waals surface area contributed by atoms with Crippen molar-refractivity contribution in [3.05, 3.63) is 17.0 Å². The van der Waals surface area contributed by atoms with E-state index in [1.165, 1.54) is 17.4 Å². The van der Waals surface area contributed by atoms with E-state index in [0.717, 1.165) is 11.3 Å². The van der Waals surface area contributed by atoms with Gasteiger partial charge in [-0.2, -0.15) is 0 Å². The van der Waals surface area contributed by atoms with Crippen LogP contribution in [0.2, 0.25) is 0 Å². The van der Waals surface area contributed by atoms with Crippen molar-refractivity contribution in [2.24, 2.45) is 5.41 Å². The van der Waals surface area contributed by atoms with Gasteiger partial charge >= 0.3 is 5.97 Å². The number of thiophene rings is 1. The molecular weight excluding hydrogens is 274 g/mol. The van der Waals surface area contributed by atoms with E-state index in [1.54, 1.807) is 6.07 Å². The minimum absolute atomic E-state index is 0.0262. The lowest BCUT2D eigenvalue weighted by atomic mass is 9.69. The van der Waals surface area contributed by atoms with Gasteiger partial charge in [-0.15, -0.1) is 11.3 Å². The van der Waals surface area contributed by atoms with Crippen molar-refractivity contribution in [1.82, 2.24) is 4.72 Å². The molecule has 1 heterocycles. The molecule has 0 unspecified atom stereocenters. The highest BCUT2D eigenvalue weighted by molar-refractivity contribution is 7.91. The van der Waals surface area contributed by atoms with Gasteiger partial charge in [0.2, 0.25) is 10.0 Å². The Morgan fingerprint density at radius 2 is 2.17 bits per heavy atom. The Bertz CT molecular complexity index is 557. The lowest BCUT2D eigenvalue weighted by Crippen LogP contribution is -2.47. The van der Waals surface area contributed by atoms with Gasteiger partial charge in [0.25, 0.3) is 0 Å². The minimum Gasteiger partial charge on any atom is -0.481 e. The molecule has 1 aliphatic rings. The maximum absolute atomic E-state index is 12.0. The van der Waals surface area contributed by atoms with Crippen LogP contribution in [-0.2, 0) is 14.8 Å². The number of sulfonamides is 1. The van der Waals surface area contributed by atoms with E-state index in [4.69, 9.17) is 5.11 Å². The zero-order valence-corrected chi connectivity index (χ0v) is 11.6. The van der Waals surface area contributed by atoms with Crippen LogP contribution in [0.5, 0.6) is 0 Å². The van der Waals surface area contributed by atoms with Crippen LogP contribution in [0.3, 0.4) is 0 Å². The third-order valence-corrected chi connectivity index (χ3v) is 6.24. The van der Waals surface area contributed by atoms with Crippen molar-refractivity contribution in [3.8, 4) is 0 Å². The van der Waals surface area contributed by atoms with Gasteiger partial charge in [0.15, 0.2) is 0 Å². The van der Waals surface area contributed by atoms with Crippen molar-refractivity contribution < 1.29 is 18.3 Å². The number of carbonyl (C=O) groups is 1. The first-order valence-corrected chi connectivity index (χ1v) is 7.95. The van der Waals surface area contributed by atoms with Crippen LogP contribution in [0.1, 0.15) is 24.1 Å². The lowest BCUT2D eigenvalue weighted by molar-refractivity contribution is -0.153. The maximum atomic E-state index is 12.0. The summed E-state index contributed by atoms with van der Waals surface area (Å²) in [6, 6.07) is 3.27. The molecule has 5 nitrogen and oxygen atoms in total. The van der Waals surface area contributed by atoms with Crippen LogP contribution in [-0.4, -0.2) is 26.0 Å². The number of hydrogen-bond donors (Lipinski definition) is 2. The highest BCUT2D eigenvalue weighted by Crippen LogP contribution is 2.40. The first-order valence-electron chi connectivity index (χ1n) is 5.65. The molecule has 2 N–H and O–H groups in total. The number of aliphatic carboxylic acids is 1. The van der Waals surface area contributed by atoms with E-state index in [2.05, 4.69) is 4.72 Å². The molecule has 0 saturated heterocycles. The monoisotopic (exact) mass is 289 g/mol. The van der Waals surface area contributed by atoms with Crippen LogP contribution in [0.15, 0.2) is 16.3 Å². The molecule has 0 atom stereocenters. The van der Waals surface area contributed by atoms with E-state index in [0.29, 0.717) is 12.8 Å². The Morgan fingerprint density at radius 1 is 1.50 bits per heavy atom. The Kier molecular flexibility index (Phi) is 3.48. The summed E-state index contributed by atoms with van der Waals surface area (Å²) >= 11 is 1.18. The third kappa shape index (κ3) is 2.43. The number of carboxylic acid groups (broad SMARTS) is 1. The Hall–Kier alpha value is -0.920. The lowest BCUT2D eigenvalue weighted by Gasteiger charge is -2.37. The highest BCUT2D eigenvalue weighted by Gasteiger charge is 2.45. The molecular formula is C11H15NO4S2. The molecule has 1 aromatic heterocycles. The molecule has 2 rings (SSSR count). The first kappa shape index (κ1) is 13.5. The van der Waals surface area contributed by atoms with Gasteiger partial charge in [-0.3, -0.25) is 4.79 Å². The average Bonchev–Trinajstić information content (AvgIpc) is 2.63. The molecule has 0 amide bonds. The zero-order chi connectivity index (χ0) is 13.4. The molecule has 1 aliphatic carbocycles. The van der Waals surface area contributed by atoms with Gasteiger partial charge in [-0.25, -0.2) is 13.1 Å². The van der Waals surface area contributed by atoms with Crippen molar-refractivity contribution in [3.63, 3.8) is 0 Å². The van der Waals surface area contributed by atoms with E-state index >= 15 is 0 Å². The topological polar surface area (TPSA) is 83.5 Å². The molecule has 0 aliphatic heterocycles. The van der Waals surface area contributed by atoms with Crippen LogP contribution >= 0.6 is 11.3 Å². The normalized spacial score (nSPS) is 18.3. The molecule has 1 saturated carbocycles.